The molecule has 1 N–H and O–H groups in total. The highest BCUT2D eigenvalue weighted by atomic mass is 32.2. The van der Waals surface area contributed by atoms with Crippen molar-refractivity contribution in [1.29, 1.82) is 0 Å². The van der Waals surface area contributed by atoms with Gasteiger partial charge in [0.1, 0.15) is 0 Å². The molecule has 7 heteroatoms. The predicted octanol–water partition coefficient (Wildman–Crippen LogP) is 3.03. The number of anilines is 1. The number of benzene rings is 2. The van der Waals surface area contributed by atoms with Gasteiger partial charge in [0.05, 0.1) is 23.1 Å². The number of hydrogen-bond acceptors (Lipinski definition) is 4. The van der Waals surface area contributed by atoms with Gasteiger partial charge in [-0.2, -0.15) is 0 Å². The number of carbonyl (C=O) groups is 2. The predicted molar refractivity (Wildman–Crippen MR) is 112 cm³/mol. The van der Waals surface area contributed by atoms with Crippen molar-refractivity contribution in [1.82, 2.24) is 5.32 Å². The molecule has 0 bridgehead atoms. The Balaban J connectivity index is 1.63. The fraction of sp³-hybridized carbons (Fsp3) is 0.364. The van der Waals surface area contributed by atoms with Gasteiger partial charge in [-0.1, -0.05) is 31.2 Å². The Kier molecular flexibility index (Phi) is 6.37. The van der Waals surface area contributed by atoms with E-state index in [-0.39, 0.29) is 34.9 Å². The maximum Gasteiger partial charge on any atom is 0.227 e. The fourth-order valence-electron chi connectivity index (χ4n) is 3.43. The Morgan fingerprint density at radius 3 is 2.52 bits per heavy atom. The van der Waals surface area contributed by atoms with Crippen LogP contribution in [0.5, 0.6) is 0 Å². The summed E-state index contributed by atoms with van der Waals surface area (Å²) >= 11 is 0. The van der Waals surface area contributed by atoms with Crippen molar-refractivity contribution in [3.05, 3.63) is 59.7 Å². The molecule has 29 heavy (non-hydrogen) atoms. The van der Waals surface area contributed by atoms with Crippen LogP contribution in [0.3, 0.4) is 0 Å². The number of amides is 2. The first-order chi connectivity index (χ1) is 13.8. The van der Waals surface area contributed by atoms with E-state index in [9.17, 15) is 18.0 Å². The minimum absolute atomic E-state index is 0.0481. The lowest BCUT2D eigenvalue weighted by atomic mass is 10.1. The largest absolute Gasteiger partial charge is 0.349 e. The average Bonchev–Trinajstić information content (AvgIpc) is 3.14. The van der Waals surface area contributed by atoms with Crippen LogP contribution in [0.4, 0.5) is 5.69 Å². The minimum atomic E-state index is -3.24. The van der Waals surface area contributed by atoms with Crippen LogP contribution in [0.1, 0.15) is 43.9 Å². The Labute approximate surface area is 171 Å². The lowest BCUT2D eigenvalue weighted by molar-refractivity contribution is -0.121. The molecule has 0 spiro atoms. The lowest BCUT2D eigenvalue weighted by Gasteiger charge is -2.19. The topological polar surface area (TPSA) is 83.6 Å². The van der Waals surface area contributed by atoms with Crippen molar-refractivity contribution >= 4 is 27.3 Å². The van der Waals surface area contributed by atoms with Gasteiger partial charge < -0.3 is 10.2 Å². The third-order valence-electron chi connectivity index (χ3n) is 5.16. The van der Waals surface area contributed by atoms with E-state index in [1.165, 1.54) is 0 Å². The summed E-state index contributed by atoms with van der Waals surface area (Å²) in [4.78, 5) is 26.4. The van der Waals surface area contributed by atoms with Crippen LogP contribution in [-0.2, 0) is 25.8 Å². The molecule has 3 rings (SSSR count). The number of carbonyl (C=O) groups excluding carboxylic acids is 2. The second kappa shape index (κ2) is 8.78. The van der Waals surface area contributed by atoms with Crippen LogP contribution in [-0.4, -0.2) is 32.5 Å². The summed E-state index contributed by atoms with van der Waals surface area (Å²) in [7, 11) is -3.24. The van der Waals surface area contributed by atoms with Crippen molar-refractivity contribution in [2.45, 2.75) is 44.0 Å². The van der Waals surface area contributed by atoms with E-state index in [0.717, 1.165) is 29.8 Å². The van der Waals surface area contributed by atoms with Gasteiger partial charge in [-0.3, -0.25) is 9.59 Å². The van der Waals surface area contributed by atoms with Gasteiger partial charge in [0.15, 0.2) is 9.84 Å². The molecule has 1 heterocycles. The SMILES string of the molecule is CCS(=O)(=O)c1ccc(CC(=O)NC(C)c2cccc(N3CCCC3=O)c2)cc1. The smallest absolute Gasteiger partial charge is 0.227 e. The molecule has 1 aliphatic rings. The monoisotopic (exact) mass is 414 g/mol. The molecule has 1 atom stereocenters. The van der Waals surface area contributed by atoms with E-state index in [4.69, 9.17) is 0 Å². The highest BCUT2D eigenvalue weighted by Crippen LogP contribution is 2.25. The Morgan fingerprint density at radius 2 is 1.90 bits per heavy atom. The standard InChI is InChI=1S/C22H26N2O4S/c1-3-29(27,28)20-11-9-17(10-12-20)14-21(25)23-16(2)18-6-4-7-19(15-18)24-13-5-8-22(24)26/h4,6-7,9-12,15-16H,3,5,8,13-14H2,1-2H3,(H,23,25). The van der Waals surface area contributed by atoms with Gasteiger partial charge in [-0.15, -0.1) is 0 Å². The van der Waals surface area contributed by atoms with Crippen molar-refractivity contribution in [3.8, 4) is 0 Å². The van der Waals surface area contributed by atoms with E-state index in [0.29, 0.717) is 6.42 Å². The zero-order valence-electron chi connectivity index (χ0n) is 16.7. The molecule has 0 saturated carbocycles. The van der Waals surface area contributed by atoms with Crippen molar-refractivity contribution in [2.24, 2.45) is 0 Å². The van der Waals surface area contributed by atoms with Crippen LogP contribution in [0.25, 0.3) is 0 Å². The molecule has 1 saturated heterocycles. The van der Waals surface area contributed by atoms with E-state index < -0.39 is 9.84 Å². The molecule has 0 aliphatic carbocycles. The summed E-state index contributed by atoms with van der Waals surface area (Å²) in [5.41, 5.74) is 2.54. The number of nitrogens with zero attached hydrogens (tertiary/aromatic N) is 1. The van der Waals surface area contributed by atoms with Crippen LogP contribution in [0.2, 0.25) is 0 Å². The normalized spacial score (nSPS) is 15.4. The third-order valence-corrected chi connectivity index (χ3v) is 6.91. The maximum atomic E-state index is 12.4. The molecule has 2 aromatic rings. The zero-order chi connectivity index (χ0) is 21.0. The van der Waals surface area contributed by atoms with Crippen LogP contribution in [0, 0.1) is 0 Å². The van der Waals surface area contributed by atoms with Gasteiger partial charge in [-0.05, 0) is 48.7 Å². The number of hydrogen-bond donors (Lipinski definition) is 1. The lowest BCUT2D eigenvalue weighted by Crippen LogP contribution is -2.28. The highest BCUT2D eigenvalue weighted by molar-refractivity contribution is 7.91. The maximum absolute atomic E-state index is 12.4. The Hall–Kier alpha value is -2.67. The first kappa shape index (κ1) is 21.0. The molecular weight excluding hydrogens is 388 g/mol. The molecule has 2 aromatic carbocycles. The van der Waals surface area contributed by atoms with Crippen LogP contribution < -0.4 is 10.2 Å². The molecule has 2 amide bonds. The van der Waals surface area contributed by atoms with E-state index in [1.54, 1.807) is 36.1 Å². The van der Waals surface area contributed by atoms with Crippen LogP contribution in [0.15, 0.2) is 53.4 Å². The summed E-state index contributed by atoms with van der Waals surface area (Å²) in [6.45, 7) is 4.24. The molecular formula is C22H26N2O4S. The summed E-state index contributed by atoms with van der Waals surface area (Å²) < 4.78 is 23.8. The van der Waals surface area contributed by atoms with Gasteiger partial charge >= 0.3 is 0 Å². The molecule has 1 fully saturated rings. The number of sulfone groups is 1. The van der Waals surface area contributed by atoms with Crippen molar-refractivity contribution in [2.75, 3.05) is 17.2 Å². The summed E-state index contributed by atoms with van der Waals surface area (Å²) in [6, 6.07) is 13.9. The highest BCUT2D eigenvalue weighted by Gasteiger charge is 2.22. The van der Waals surface area contributed by atoms with E-state index in [2.05, 4.69) is 5.32 Å². The Bertz CT molecular complexity index is 1000. The third kappa shape index (κ3) is 5.03. The fourth-order valence-corrected chi connectivity index (χ4v) is 4.31. The summed E-state index contributed by atoms with van der Waals surface area (Å²) in [6.07, 6.45) is 1.61. The first-order valence-corrected chi connectivity index (χ1v) is 11.5. The second-order valence-electron chi connectivity index (χ2n) is 7.26. The van der Waals surface area contributed by atoms with E-state index >= 15 is 0 Å². The number of nitrogens with one attached hydrogen (secondary N) is 1. The molecule has 1 unspecified atom stereocenters. The minimum Gasteiger partial charge on any atom is -0.349 e. The van der Waals surface area contributed by atoms with Gasteiger partial charge in [0.2, 0.25) is 11.8 Å². The zero-order valence-corrected chi connectivity index (χ0v) is 17.5. The quantitative estimate of drug-likeness (QED) is 0.755. The summed E-state index contributed by atoms with van der Waals surface area (Å²) in [5.74, 6) is 0.0329. The first-order valence-electron chi connectivity index (χ1n) is 9.81. The van der Waals surface area contributed by atoms with E-state index in [1.807, 2.05) is 31.2 Å². The molecule has 0 aromatic heterocycles. The molecule has 1 aliphatic heterocycles. The van der Waals surface area contributed by atoms with Crippen molar-refractivity contribution < 1.29 is 18.0 Å². The van der Waals surface area contributed by atoms with Gasteiger partial charge in [0, 0.05) is 18.7 Å². The Morgan fingerprint density at radius 1 is 1.17 bits per heavy atom. The second-order valence-corrected chi connectivity index (χ2v) is 9.54. The molecule has 154 valence electrons. The summed E-state index contributed by atoms with van der Waals surface area (Å²) in [5, 5.41) is 2.97. The van der Waals surface area contributed by atoms with Crippen molar-refractivity contribution in [3.63, 3.8) is 0 Å². The van der Waals surface area contributed by atoms with Gasteiger partial charge in [-0.25, -0.2) is 8.42 Å². The molecule has 0 radical (unpaired) electrons. The molecule has 6 nitrogen and oxygen atoms in total. The number of rotatable bonds is 7. The average molecular weight is 415 g/mol. The van der Waals surface area contributed by atoms with Crippen LogP contribution >= 0.6 is 0 Å². The van der Waals surface area contributed by atoms with Gasteiger partial charge in [0.25, 0.3) is 0 Å².